The molecule has 25 heavy (non-hydrogen) atoms. The van der Waals surface area contributed by atoms with Crippen LogP contribution in [0.5, 0.6) is 0 Å². The molecule has 4 rings (SSSR count). The lowest BCUT2D eigenvalue weighted by atomic mass is 9.69. The number of piperidine rings is 1. The van der Waals surface area contributed by atoms with Gasteiger partial charge in [-0.05, 0) is 77.3 Å². The summed E-state index contributed by atoms with van der Waals surface area (Å²) in [5.74, 6) is 0. The lowest BCUT2D eigenvalue weighted by Gasteiger charge is -2.62. The van der Waals surface area contributed by atoms with E-state index in [2.05, 4.69) is 74.3 Å². The number of rotatable bonds is 2. The number of hydrogen-bond acceptors (Lipinski definition) is 2. The van der Waals surface area contributed by atoms with Crippen molar-refractivity contribution in [1.82, 2.24) is 4.90 Å². The lowest BCUT2D eigenvalue weighted by Crippen LogP contribution is -2.67. The van der Waals surface area contributed by atoms with E-state index in [1.54, 1.807) is 4.88 Å². The number of likely N-dealkylation sites (tertiary alicyclic amines) is 1. The van der Waals surface area contributed by atoms with Crippen molar-refractivity contribution in [2.24, 2.45) is 0 Å². The van der Waals surface area contributed by atoms with Crippen LogP contribution < -0.4 is 0 Å². The summed E-state index contributed by atoms with van der Waals surface area (Å²) in [6.45, 7) is 9.99. The Labute approximate surface area is 157 Å². The van der Waals surface area contributed by atoms with Gasteiger partial charge in [-0.3, -0.25) is 4.90 Å². The fourth-order valence-corrected chi connectivity index (χ4v) is 7.38. The Morgan fingerprint density at radius 3 is 2.08 bits per heavy atom. The zero-order valence-electron chi connectivity index (χ0n) is 16.4. The molecule has 2 aromatic rings. The number of thiophene rings is 1. The van der Waals surface area contributed by atoms with E-state index in [1.807, 2.05) is 0 Å². The van der Waals surface area contributed by atoms with E-state index in [1.165, 1.54) is 61.5 Å². The van der Waals surface area contributed by atoms with Gasteiger partial charge in [0.2, 0.25) is 0 Å². The summed E-state index contributed by atoms with van der Waals surface area (Å²) in [6.07, 6.45) is 10.8. The monoisotopic (exact) mass is 355 g/mol. The maximum Gasteiger partial charge on any atom is 0.0564 e. The summed E-state index contributed by atoms with van der Waals surface area (Å²) in [5, 5.41) is 1.43. The number of fused-ring (bicyclic) bond motifs is 1. The van der Waals surface area contributed by atoms with Gasteiger partial charge in [0.05, 0.1) is 5.54 Å². The van der Waals surface area contributed by atoms with Crippen molar-refractivity contribution in [3.63, 3.8) is 0 Å². The smallest absolute Gasteiger partial charge is 0.0564 e. The normalized spacial score (nSPS) is 25.9. The SMILES string of the molecule is CC1(C)CCCC(C)(C)N1C1(c2cc3ccccc3s2)CCCCC1. The molecular weight excluding hydrogens is 322 g/mol. The molecule has 1 saturated heterocycles. The Morgan fingerprint density at radius 1 is 0.800 bits per heavy atom. The lowest BCUT2D eigenvalue weighted by molar-refractivity contribution is -0.126. The molecule has 1 aliphatic heterocycles. The van der Waals surface area contributed by atoms with Crippen LogP contribution in [0.1, 0.15) is 83.9 Å². The largest absolute Gasteiger partial charge is 0.283 e. The molecule has 1 saturated carbocycles. The number of nitrogens with zero attached hydrogens (tertiary/aromatic N) is 1. The summed E-state index contributed by atoms with van der Waals surface area (Å²) in [5.41, 5.74) is 0.778. The van der Waals surface area contributed by atoms with Crippen molar-refractivity contribution < 1.29 is 0 Å². The fourth-order valence-electron chi connectivity index (χ4n) is 6.08. The van der Waals surface area contributed by atoms with Crippen molar-refractivity contribution in [1.29, 1.82) is 0 Å². The van der Waals surface area contributed by atoms with Crippen molar-refractivity contribution >= 4 is 21.4 Å². The van der Waals surface area contributed by atoms with Gasteiger partial charge in [0, 0.05) is 20.7 Å². The van der Waals surface area contributed by atoms with Crippen molar-refractivity contribution in [3.8, 4) is 0 Å². The van der Waals surface area contributed by atoms with Crippen LogP contribution in [0.2, 0.25) is 0 Å². The molecule has 0 N–H and O–H groups in total. The van der Waals surface area contributed by atoms with Crippen molar-refractivity contribution in [3.05, 3.63) is 35.2 Å². The van der Waals surface area contributed by atoms with E-state index in [0.717, 1.165) is 0 Å². The van der Waals surface area contributed by atoms with Crippen molar-refractivity contribution in [2.75, 3.05) is 0 Å². The second kappa shape index (κ2) is 6.09. The standard InChI is InChI=1S/C23H33NS/c1-21(2)13-10-14-22(3,4)24(21)23(15-8-5-9-16-23)20-17-18-11-6-7-12-19(18)25-20/h6-7,11-12,17H,5,8-10,13-16H2,1-4H3. The third-order valence-electron chi connectivity index (χ3n) is 6.78. The van der Waals surface area contributed by atoms with E-state index in [0.29, 0.717) is 0 Å². The minimum Gasteiger partial charge on any atom is -0.283 e. The Bertz CT molecular complexity index is 699. The zero-order chi connectivity index (χ0) is 17.7. The van der Waals surface area contributed by atoms with Crippen LogP contribution in [0, 0.1) is 0 Å². The van der Waals surface area contributed by atoms with Gasteiger partial charge in [-0.1, -0.05) is 37.5 Å². The van der Waals surface area contributed by atoms with Crippen molar-refractivity contribution in [2.45, 2.75) is 95.7 Å². The maximum absolute atomic E-state index is 2.97. The summed E-state index contributed by atoms with van der Waals surface area (Å²) in [4.78, 5) is 4.59. The van der Waals surface area contributed by atoms with Gasteiger partial charge < -0.3 is 0 Å². The molecule has 2 heteroatoms. The molecule has 2 fully saturated rings. The second-order valence-corrected chi connectivity index (χ2v) is 10.6. The highest BCUT2D eigenvalue weighted by atomic mass is 32.1. The minimum absolute atomic E-state index is 0.232. The van der Waals surface area contributed by atoms with E-state index in [4.69, 9.17) is 0 Å². The topological polar surface area (TPSA) is 3.24 Å². The molecule has 1 aliphatic carbocycles. The van der Waals surface area contributed by atoms with Crippen LogP contribution in [0.4, 0.5) is 0 Å². The molecule has 1 aromatic heterocycles. The van der Waals surface area contributed by atoms with E-state index in [9.17, 15) is 0 Å². The predicted octanol–water partition coefficient (Wildman–Crippen LogP) is 7.10. The maximum atomic E-state index is 2.97. The molecule has 0 unspecified atom stereocenters. The number of benzene rings is 1. The Hall–Kier alpha value is -0.860. The van der Waals surface area contributed by atoms with Crippen LogP contribution in [0.15, 0.2) is 30.3 Å². The Morgan fingerprint density at radius 2 is 1.44 bits per heavy atom. The van der Waals surface area contributed by atoms with Gasteiger partial charge in [0.25, 0.3) is 0 Å². The number of hydrogen-bond donors (Lipinski definition) is 0. The zero-order valence-corrected chi connectivity index (χ0v) is 17.2. The van der Waals surface area contributed by atoms with Gasteiger partial charge in [-0.15, -0.1) is 11.3 Å². The Kier molecular flexibility index (Phi) is 4.28. The summed E-state index contributed by atoms with van der Waals surface area (Å²) < 4.78 is 1.45. The predicted molar refractivity (Wildman–Crippen MR) is 110 cm³/mol. The first-order chi connectivity index (χ1) is 11.9. The fraction of sp³-hybridized carbons (Fsp3) is 0.652. The van der Waals surface area contributed by atoms with Crippen LogP contribution in [0.25, 0.3) is 10.1 Å². The van der Waals surface area contributed by atoms with Crippen LogP contribution >= 0.6 is 11.3 Å². The average molecular weight is 356 g/mol. The molecule has 0 spiro atoms. The van der Waals surface area contributed by atoms with E-state index in [-0.39, 0.29) is 16.6 Å². The first kappa shape index (κ1) is 17.5. The molecule has 2 heterocycles. The molecule has 0 bridgehead atoms. The van der Waals surface area contributed by atoms with Gasteiger partial charge >= 0.3 is 0 Å². The van der Waals surface area contributed by atoms with Gasteiger partial charge in [-0.25, -0.2) is 0 Å². The van der Waals surface area contributed by atoms with Gasteiger partial charge in [0.1, 0.15) is 0 Å². The summed E-state index contributed by atoms with van der Waals surface area (Å²) in [7, 11) is 0. The van der Waals surface area contributed by atoms with Gasteiger partial charge in [0.15, 0.2) is 0 Å². The quantitative estimate of drug-likeness (QED) is 0.555. The molecule has 0 radical (unpaired) electrons. The van der Waals surface area contributed by atoms with Gasteiger partial charge in [-0.2, -0.15) is 0 Å². The summed E-state index contributed by atoms with van der Waals surface area (Å²) in [6, 6.07) is 11.5. The van der Waals surface area contributed by atoms with Crippen LogP contribution in [0.3, 0.4) is 0 Å². The minimum atomic E-state index is 0.232. The molecule has 2 aliphatic rings. The molecular formula is C23H33NS. The molecule has 0 atom stereocenters. The third kappa shape index (κ3) is 2.86. The summed E-state index contributed by atoms with van der Waals surface area (Å²) >= 11 is 2.06. The molecule has 0 amide bonds. The van der Waals surface area contributed by atoms with Crippen LogP contribution in [-0.2, 0) is 5.54 Å². The molecule has 1 nitrogen and oxygen atoms in total. The highest BCUT2D eigenvalue weighted by Gasteiger charge is 2.53. The highest BCUT2D eigenvalue weighted by molar-refractivity contribution is 7.19. The molecule has 1 aromatic carbocycles. The average Bonchev–Trinajstić information content (AvgIpc) is 2.98. The van der Waals surface area contributed by atoms with E-state index >= 15 is 0 Å². The first-order valence-electron chi connectivity index (χ1n) is 10.1. The Balaban J connectivity index is 1.89. The third-order valence-corrected chi connectivity index (χ3v) is 8.09. The van der Waals surface area contributed by atoms with E-state index < -0.39 is 0 Å². The van der Waals surface area contributed by atoms with Crippen LogP contribution in [-0.4, -0.2) is 16.0 Å². The highest BCUT2D eigenvalue weighted by Crippen LogP contribution is 2.54. The molecule has 136 valence electrons. The second-order valence-electron chi connectivity index (χ2n) is 9.55. The first-order valence-corrected chi connectivity index (χ1v) is 11.0.